The SMILES string of the molecule is CC(C=O)CCCC(C)(C)OC1CCCC1. The quantitative estimate of drug-likeness (QED) is 0.618. The molecule has 1 rings (SSSR count). The molecule has 1 aliphatic rings. The normalized spacial score (nSPS) is 19.9. The maximum absolute atomic E-state index is 10.5. The molecule has 0 bridgehead atoms. The summed E-state index contributed by atoms with van der Waals surface area (Å²) in [5, 5.41) is 0. The molecule has 0 aromatic rings. The van der Waals surface area contributed by atoms with Gasteiger partial charge in [0.2, 0.25) is 0 Å². The molecule has 0 radical (unpaired) electrons. The van der Waals surface area contributed by atoms with E-state index in [2.05, 4.69) is 13.8 Å². The van der Waals surface area contributed by atoms with Gasteiger partial charge in [-0.3, -0.25) is 0 Å². The van der Waals surface area contributed by atoms with Gasteiger partial charge in [0.05, 0.1) is 11.7 Å². The molecular weight excluding hydrogens is 200 g/mol. The van der Waals surface area contributed by atoms with Gasteiger partial charge < -0.3 is 9.53 Å². The highest BCUT2D eigenvalue weighted by molar-refractivity contribution is 5.52. The molecule has 1 aliphatic carbocycles. The minimum Gasteiger partial charge on any atom is -0.372 e. The third kappa shape index (κ3) is 5.11. The van der Waals surface area contributed by atoms with Gasteiger partial charge in [0.25, 0.3) is 0 Å². The van der Waals surface area contributed by atoms with Crippen LogP contribution in [0.1, 0.15) is 65.7 Å². The Morgan fingerprint density at radius 2 is 2.00 bits per heavy atom. The monoisotopic (exact) mass is 226 g/mol. The lowest BCUT2D eigenvalue weighted by molar-refractivity contribution is -0.111. The summed E-state index contributed by atoms with van der Waals surface area (Å²) in [6, 6.07) is 0. The molecule has 0 N–H and O–H groups in total. The molecule has 0 spiro atoms. The summed E-state index contributed by atoms with van der Waals surface area (Å²) in [5.74, 6) is 0.197. The first kappa shape index (κ1) is 13.7. The van der Waals surface area contributed by atoms with E-state index in [0.29, 0.717) is 6.10 Å². The first-order chi connectivity index (χ1) is 7.53. The van der Waals surface area contributed by atoms with Crippen LogP contribution >= 0.6 is 0 Å². The van der Waals surface area contributed by atoms with Crippen molar-refractivity contribution >= 4 is 6.29 Å². The van der Waals surface area contributed by atoms with Crippen molar-refractivity contribution in [3.8, 4) is 0 Å². The summed E-state index contributed by atoms with van der Waals surface area (Å²) in [7, 11) is 0. The summed E-state index contributed by atoms with van der Waals surface area (Å²) < 4.78 is 6.13. The molecule has 0 aliphatic heterocycles. The molecule has 16 heavy (non-hydrogen) atoms. The zero-order valence-corrected chi connectivity index (χ0v) is 11.0. The van der Waals surface area contributed by atoms with Crippen LogP contribution in [0.3, 0.4) is 0 Å². The van der Waals surface area contributed by atoms with Crippen molar-refractivity contribution in [2.45, 2.75) is 77.4 Å². The van der Waals surface area contributed by atoms with Crippen LogP contribution in [0.4, 0.5) is 0 Å². The molecule has 1 fully saturated rings. The molecule has 2 nitrogen and oxygen atoms in total. The number of carbonyl (C=O) groups is 1. The number of hydrogen-bond acceptors (Lipinski definition) is 2. The van der Waals surface area contributed by atoms with Gasteiger partial charge in [-0.05, 0) is 46.0 Å². The predicted octanol–water partition coefficient (Wildman–Crippen LogP) is 3.73. The van der Waals surface area contributed by atoms with E-state index < -0.39 is 0 Å². The highest BCUT2D eigenvalue weighted by Crippen LogP contribution is 2.28. The number of hydrogen-bond donors (Lipinski definition) is 0. The Morgan fingerprint density at radius 3 is 2.56 bits per heavy atom. The lowest BCUT2D eigenvalue weighted by Gasteiger charge is -2.29. The van der Waals surface area contributed by atoms with Gasteiger partial charge >= 0.3 is 0 Å². The molecule has 0 heterocycles. The van der Waals surface area contributed by atoms with Gasteiger partial charge in [0.15, 0.2) is 0 Å². The van der Waals surface area contributed by atoms with Gasteiger partial charge in [0.1, 0.15) is 6.29 Å². The van der Waals surface area contributed by atoms with Crippen LogP contribution in [0.5, 0.6) is 0 Å². The summed E-state index contributed by atoms with van der Waals surface area (Å²) >= 11 is 0. The Kier molecular flexibility index (Phi) is 5.47. The summed E-state index contributed by atoms with van der Waals surface area (Å²) in [6.45, 7) is 6.34. The minimum atomic E-state index is -0.0163. The largest absolute Gasteiger partial charge is 0.372 e. The molecule has 94 valence electrons. The van der Waals surface area contributed by atoms with Crippen molar-refractivity contribution in [1.29, 1.82) is 0 Å². The summed E-state index contributed by atoms with van der Waals surface area (Å²) in [5.41, 5.74) is -0.0163. The van der Waals surface area contributed by atoms with Crippen LogP contribution in [0.2, 0.25) is 0 Å². The molecule has 0 saturated heterocycles. The maximum atomic E-state index is 10.5. The maximum Gasteiger partial charge on any atom is 0.122 e. The highest BCUT2D eigenvalue weighted by Gasteiger charge is 2.25. The Labute approximate surface area is 99.8 Å². The summed E-state index contributed by atoms with van der Waals surface area (Å²) in [4.78, 5) is 10.5. The zero-order valence-electron chi connectivity index (χ0n) is 11.0. The van der Waals surface area contributed by atoms with Crippen LogP contribution in [-0.4, -0.2) is 18.0 Å². The zero-order chi connectivity index (χ0) is 12.0. The van der Waals surface area contributed by atoms with Crippen LogP contribution in [0.15, 0.2) is 0 Å². The van der Waals surface area contributed by atoms with E-state index in [9.17, 15) is 4.79 Å². The van der Waals surface area contributed by atoms with E-state index in [-0.39, 0.29) is 11.5 Å². The smallest absolute Gasteiger partial charge is 0.122 e. The van der Waals surface area contributed by atoms with Gasteiger partial charge in [-0.2, -0.15) is 0 Å². The molecule has 1 unspecified atom stereocenters. The second-order valence-electron chi connectivity index (χ2n) is 5.79. The molecule has 0 aromatic heterocycles. The first-order valence-electron chi connectivity index (χ1n) is 6.66. The van der Waals surface area contributed by atoms with E-state index in [1.165, 1.54) is 25.7 Å². The van der Waals surface area contributed by atoms with Gasteiger partial charge in [-0.25, -0.2) is 0 Å². The van der Waals surface area contributed by atoms with Crippen LogP contribution in [-0.2, 0) is 9.53 Å². The molecule has 2 heteroatoms. The third-order valence-electron chi connectivity index (χ3n) is 3.46. The van der Waals surface area contributed by atoms with E-state index in [1.54, 1.807) is 0 Å². The fourth-order valence-electron chi connectivity index (χ4n) is 2.43. The van der Waals surface area contributed by atoms with Crippen LogP contribution in [0, 0.1) is 5.92 Å². The van der Waals surface area contributed by atoms with Crippen LogP contribution < -0.4 is 0 Å². The molecule has 1 atom stereocenters. The lowest BCUT2D eigenvalue weighted by atomic mass is 9.97. The highest BCUT2D eigenvalue weighted by atomic mass is 16.5. The van der Waals surface area contributed by atoms with Crippen molar-refractivity contribution < 1.29 is 9.53 Å². The van der Waals surface area contributed by atoms with Gasteiger partial charge in [0, 0.05) is 5.92 Å². The second kappa shape index (κ2) is 6.39. The minimum absolute atomic E-state index is 0.0163. The topological polar surface area (TPSA) is 26.3 Å². The molecule has 0 amide bonds. The Hall–Kier alpha value is -0.370. The van der Waals surface area contributed by atoms with E-state index in [1.807, 2.05) is 6.92 Å². The second-order valence-corrected chi connectivity index (χ2v) is 5.79. The van der Waals surface area contributed by atoms with Gasteiger partial charge in [-0.1, -0.05) is 19.8 Å². The molecule has 1 saturated carbocycles. The average molecular weight is 226 g/mol. The number of aldehydes is 1. The van der Waals surface area contributed by atoms with Crippen molar-refractivity contribution in [3.05, 3.63) is 0 Å². The standard InChI is InChI=1S/C14H26O2/c1-12(11-15)7-6-10-14(2,3)16-13-8-4-5-9-13/h11-13H,4-10H2,1-3H3. The van der Waals surface area contributed by atoms with E-state index in [4.69, 9.17) is 4.74 Å². The van der Waals surface area contributed by atoms with E-state index >= 15 is 0 Å². The predicted molar refractivity (Wildman–Crippen MR) is 66.5 cm³/mol. The number of carbonyl (C=O) groups excluding carboxylic acids is 1. The lowest BCUT2D eigenvalue weighted by Crippen LogP contribution is -2.29. The van der Waals surface area contributed by atoms with Crippen molar-refractivity contribution in [3.63, 3.8) is 0 Å². The molecule has 0 aromatic carbocycles. The van der Waals surface area contributed by atoms with Crippen molar-refractivity contribution in [1.82, 2.24) is 0 Å². The number of ether oxygens (including phenoxy) is 1. The Bertz CT molecular complexity index is 205. The van der Waals surface area contributed by atoms with Crippen LogP contribution in [0.25, 0.3) is 0 Å². The molecular formula is C14H26O2. The first-order valence-corrected chi connectivity index (χ1v) is 6.66. The summed E-state index contributed by atoms with van der Waals surface area (Å²) in [6.07, 6.45) is 9.76. The third-order valence-corrected chi connectivity index (χ3v) is 3.46. The van der Waals surface area contributed by atoms with Crippen molar-refractivity contribution in [2.75, 3.05) is 0 Å². The van der Waals surface area contributed by atoms with Gasteiger partial charge in [-0.15, -0.1) is 0 Å². The van der Waals surface area contributed by atoms with Crippen molar-refractivity contribution in [2.24, 2.45) is 5.92 Å². The Balaban J connectivity index is 2.19. The average Bonchev–Trinajstić information content (AvgIpc) is 2.69. The van der Waals surface area contributed by atoms with E-state index in [0.717, 1.165) is 25.5 Å². The Morgan fingerprint density at radius 1 is 1.38 bits per heavy atom. The fraction of sp³-hybridized carbons (Fsp3) is 0.929. The number of rotatable bonds is 7. The fourth-order valence-corrected chi connectivity index (χ4v) is 2.43.